The van der Waals surface area contributed by atoms with Crippen LogP contribution in [0.1, 0.15) is 29.2 Å². The highest BCUT2D eigenvalue weighted by molar-refractivity contribution is 7.11. The first-order valence-electron chi connectivity index (χ1n) is 5.76. The Hall–Kier alpha value is -1.67. The second-order valence-electron chi connectivity index (χ2n) is 4.18. The molecule has 0 aliphatic carbocycles. The molecule has 0 aromatic carbocycles. The Morgan fingerprint density at radius 1 is 1.53 bits per heavy atom. The van der Waals surface area contributed by atoms with Gasteiger partial charge in [-0.05, 0) is 25.4 Å². The van der Waals surface area contributed by atoms with Crippen LogP contribution in [0.25, 0.3) is 0 Å². The third kappa shape index (κ3) is 3.42. The molecule has 19 heavy (non-hydrogen) atoms. The van der Waals surface area contributed by atoms with E-state index >= 15 is 0 Å². The third-order valence-corrected chi connectivity index (χ3v) is 3.85. The molecule has 2 heterocycles. The van der Waals surface area contributed by atoms with E-state index in [-0.39, 0.29) is 17.8 Å². The Bertz CT molecular complexity index is 549. The van der Waals surface area contributed by atoms with Crippen LogP contribution in [0.15, 0.2) is 11.6 Å². The van der Waals surface area contributed by atoms with E-state index in [1.54, 1.807) is 17.5 Å². The highest BCUT2D eigenvalue weighted by atomic mass is 32.1. The summed E-state index contributed by atoms with van der Waals surface area (Å²) in [5.74, 6) is 0.0488. The molecule has 0 fully saturated rings. The van der Waals surface area contributed by atoms with Crippen LogP contribution in [0.3, 0.4) is 0 Å². The third-order valence-electron chi connectivity index (χ3n) is 2.25. The topological polar surface area (TPSA) is 92.9 Å². The minimum atomic E-state index is -0.206. The minimum absolute atomic E-state index is 0.0543. The van der Waals surface area contributed by atoms with Crippen LogP contribution in [-0.4, -0.2) is 21.3 Å². The summed E-state index contributed by atoms with van der Waals surface area (Å²) >= 11 is 2.74. The van der Waals surface area contributed by atoms with Gasteiger partial charge in [-0.25, -0.2) is 4.98 Å². The molecular formula is C11H15N5OS2. The summed E-state index contributed by atoms with van der Waals surface area (Å²) in [6.45, 7) is 4.36. The van der Waals surface area contributed by atoms with Crippen molar-refractivity contribution in [2.45, 2.75) is 26.4 Å². The quantitative estimate of drug-likeness (QED) is 0.784. The van der Waals surface area contributed by atoms with Gasteiger partial charge in [0.05, 0.1) is 6.54 Å². The minimum Gasteiger partial charge on any atom is -0.382 e. The van der Waals surface area contributed by atoms with Crippen molar-refractivity contribution in [3.8, 4) is 0 Å². The maximum absolute atomic E-state index is 12.0. The van der Waals surface area contributed by atoms with Gasteiger partial charge in [0.2, 0.25) is 0 Å². The molecule has 0 atom stereocenters. The smallest absolute Gasteiger partial charge is 0.258 e. The summed E-state index contributed by atoms with van der Waals surface area (Å²) in [6, 6.07) is 0.0543. The van der Waals surface area contributed by atoms with Crippen molar-refractivity contribution in [1.82, 2.24) is 14.7 Å². The fourth-order valence-electron chi connectivity index (χ4n) is 1.47. The lowest BCUT2D eigenvalue weighted by Gasteiger charge is -2.09. The van der Waals surface area contributed by atoms with E-state index in [0.717, 1.165) is 5.01 Å². The maximum Gasteiger partial charge on any atom is 0.258 e. The number of thiazole rings is 1. The lowest BCUT2D eigenvalue weighted by molar-refractivity contribution is 0.0945. The van der Waals surface area contributed by atoms with Crippen LogP contribution >= 0.6 is 22.9 Å². The maximum atomic E-state index is 12.0. The van der Waals surface area contributed by atoms with E-state index in [1.165, 1.54) is 11.5 Å². The molecule has 0 aliphatic heterocycles. The highest BCUT2D eigenvalue weighted by Crippen LogP contribution is 2.27. The summed E-state index contributed by atoms with van der Waals surface area (Å²) in [5.41, 5.74) is 6.16. The SMILES string of the molecule is CC(C)NC(=O)c1c(N)nsc1NCc1nccs1. The molecule has 0 spiro atoms. The molecule has 0 unspecified atom stereocenters. The van der Waals surface area contributed by atoms with Crippen LogP contribution in [0.2, 0.25) is 0 Å². The van der Waals surface area contributed by atoms with Crippen LogP contribution in [0.4, 0.5) is 10.8 Å². The zero-order chi connectivity index (χ0) is 13.8. The van der Waals surface area contributed by atoms with Crippen molar-refractivity contribution >= 4 is 39.6 Å². The average molecular weight is 297 g/mol. The number of amides is 1. The predicted octanol–water partition coefficient (Wildman–Crippen LogP) is 1.93. The Kier molecular flexibility index (Phi) is 4.33. The van der Waals surface area contributed by atoms with Gasteiger partial charge >= 0.3 is 0 Å². The predicted molar refractivity (Wildman–Crippen MR) is 78.6 cm³/mol. The normalized spacial score (nSPS) is 10.7. The molecule has 1 amide bonds. The fourth-order valence-corrected chi connectivity index (χ4v) is 2.74. The first-order valence-corrected chi connectivity index (χ1v) is 7.41. The largest absolute Gasteiger partial charge is 0.382 e. The van der Waals surface area contributed by atoms with E-state index < -0.39 is 0 Å². The Labute approximate surface area is 119 Å². The molecule has 0 bridgehead atoms. The summed E-state index contributed by atoms with van der Waals surface area (Å²) in [5, 5.41) is 9.49. The van der Waals surface area contributed by atoms with Crippen molar-refractivity contribution < 1.29 is 4.79 Å². The van der Waals surface area contributed by atoms with Gasteiger partial charge in [-0.2, -0.15) is 4.37 Å². The molecule has 0 radical (unpaired) electrons. The summed E-state index contributed by atoms with van der Waals surface area (Å²) in [4.78, 5) is 16.2. The van der Waals surface area contributed by atoms with Crippen molar-refractivity contribution in [3.63, 3.8) is 0 Å². The molecular weight excluding hydrogens is 282 g/mol. The molecule has 6 nitrogen and oxygen atoms in total. The van der Waals surface area contributed by atoms with Gasteiger partial charge in [0.1, 0.15) is 15.6 Å². The van der Waals surface area contributed by atoms with Crippen LogP contribution in [-0.2, 0) is 6.54 Å². The van der Waals surface area contributed by atoms with E-state index in [1.807, 2.05) is 19.2 Å². The number of aromatic nitrogens is 2. The van der Waals surface area contributed by atoms with Gasteiger partial charge in [-0.3, -0.25) is 4.79 Å². The summed E-state index contributed by atoms with van der Waals surface area (Å²) < 4.78 is 4.02. The number of nitrogens with zero attached hydrogens (tertiary/aromatic N) is 2. The summed E-state index contributed by atoms with van der Waals surface area (Å²) in [7, 11) is 0. The number of hydrogen-bond donors (Lipinski definition) is 3. The van der Waals surface area contributed by atoms with E-state index in [0.29, 0.717) is 17.1 Å². The number of rotatable bonds is 5. The molecule has 2 aromatic rings. The molecule has 102 valence electrons. The number of carbonyl (C=O) groups is 1. The number of anilines is 2. The standard InChI is InChI=1S/C11H15N5OS2/c1-6(2)15-10(17)8-9(12)16-19-11(8)14-5-7-13-3-4-18-7/h3-4,6,14H,5H2,1-2H3,(H2,12,16)(H,15,17). The zero-order valence-corrected chi connectivity index (χ0v) is 12.3. The van der Waals surface area contributed by atoms with Gasteiger partial charge in [0, 0.05) is 17.6 Å². The average Bonchev–Trinajstić information content (AvgIpc) is 2.94. The summed E-state index contributed by atoms with van der Waals surface area (Å²) in [6.07, 6.45) is 1.75. The molecule has 8 heteroatoms. The fraction of sp³-hybridized carbons (Fsp3) is 0.364. The molecule has 0 aliphatic rings. The van der Waals surface area contributed by atoms with Crippen LogP contribution < -0.4 is 16.4 Å². The van der Waals surface area contributed by atoms with Gasteiger partial charge in [0.25, 0.3) is 5.91 Å². The first kappa shape index (κ1) is 13.8. The van der Waals surface area contributed by atoms with E-state index in [2.05, 4.69) is 20.0 Å². The number of carbonyl (C=O) groups excluding carboxylic acids is 1. The highest BCUT2D eigenvalue weighted by Gasteiger charge is 2.19. The molecule has 0 saturated carbocycles. The van der Waals surface area contributed by atoms with Gasteiger partial charge in [-0.1, -0.05) is 0 Å². The molecule has 2 rings (SSSR count). The molecule has 0 saturated heterocycles. The number of nitrogen functional groups attached to an aromatic ring is 1. The Balaban J connectivity index is 2.10. The van der Waals surface area contributed by atoms with Crippen LogP contribution in [0, 0.1) is 0 Å². The second kappa shape index (κ2) is 5.98. The van der Waals surface area contributed by atoms with Crippen molar-refractivity contribution in [1.29, 1.82) is 0 Å². The van der Waals surface area contributed by atoms with Crippen molar-refractivity contribution in [2.24, 2.45) is 0 Å². The van der Waals surface area contributed by atoms with E-state index in [4.69, 9.17) is 5.73 Å². The zero-order valence-electron chi connectivity index (χ0n) is 10.6. The van der Waals surface area contributed by atoms with Crippen molar-refractivity contribution in [3.05, 3.63) is 22.1 Å². The monoisotopic (exact) mass is 297 g/mol. The van der Waals surface area contributed by atoms with Crippen LogP contribution in [0.5, 0.6) is 0 Å². The van der Waals surface area contributed by atoms with Crippen molar-refractivity contribution in [2.75, 3.05) is 11.1 Å². The van der Waals surface area contributed by atoms with Gasteiger partial charge < -0.3 is 16.4 Å². The molecule has 2 aromatic heterocycles. The van der Waals surface area contributed by atoms with Gasteiger partial charge in [0.15, 0.2) is 5.82 Å². The van der Waals surface area contributed by atoms with E-state index in [9.17, 15) is 4.79 Å². The van der Waals surface area contributed by atoms with Gasteiger partial charge in [-0.15, -0.1) is 11.3 Å². The number of nitrogens with two attached hydrogens (primary N) is 1. The number of nitrogens with one attached hydrogen (secondary N) is 2. The molecule has 4 N–H and O–H groups in total. The lowest BCUT2D eigenvalue weighted by atomic mass is 10.2. The lowest BCUT2D eigenvalue weighted by Crippen LogP contribution is -2.30. The number of hydrogen-bond acceptors (Lipinski definition) is 7. The second-order valence-corrected chi connectivity index (χ2v) is 5.93. The first-order chi connectivity index (χ1) is 9.08. The Morgan fingerprint density at radius 3 is 2.95 bits per heavy atom. The Morgan fingerprint density at radius 2 is 2.32 bits per heavy atom.